The molecule has 6 heteroatoms. The molecule has 0 aliphatic carbocycles. The van der Waals surface area contributed by atoms with Gasteiger partial charge in [-0.2, -0.15) is 0 Å². The van der Waals surface area contributed by atoms with Crippen molar-refractivity contribution in [2.75, 3.05) is 34.5 Å². The van der Waals surface area contributed by atoms with Gasteiger partial charge < -0.3 is 24.6 Å². The highest BCUT2D eigenvalue weighted by Crippen LogP contribution is 2.40. The first-order valence-corrected chi connectivity index (χ1v) is 7.30. The van der Waals surface area contributed by atoms with Crippen LogP contribution in [0.3, 0.4) is 0 Å². The molecule has 0 bridgehead atoms. The lowest BCUT2D eigenvalue weighted by Gasteiger charge is -2.14. The first-order valence-electron chi connectivity index (χ1n) is 7.30. The maximum absolute atomic E-state index is 8.83. The van der Waals surface area contributed by atoms with Gasteiger partial charge in [0, 0.05) is 24.8 Å². The topological polar surface area (TPSA) is 72.8 Å². The van der Waals surface area contributed by atoms with Gasteiger partial charge in [0.05, 0.1) is 33.6 Å². The van der Waals surface area contributed by atoms with Crippen molar-refractivity contribution in [3.63, 3.8) is 0 Å². The zero-order valence-electron chi connectivity index (χ0n) is 13.6. The molecule has 0 aliphatic rings. The number of aromatic nitrogens is 1. The van der Waals surface area contributed by atoms with E-state index in [-0.39, 0.29) is 6.61 Å². The molecule has 0 amide bonds. The van der Waals surface area contributed by atoms with Crippen LogP contribution in [0, 0.1) is 0 Å². The van der Waals surface area contributed by atoms with E-state index in [1.54, 1.807) is 27.5 Å². The Labute approximate surface area is 136 Å². The summed E-state index contributed by atoms with van der Waals surface area (Å²) < 4.78 is 16.1. The van der Waals surface area contributed by atoms with Crippen LogP contribution in [0.25, 0.3) is 11.3 Å². The predicted octanol–water partition coefficient (Wildman–Crippen LogP) is 1.86. The molecule has 2 aromatic rings. The highest BCUT2D eigenvalue weighted by atomic mass is 16.5. The molecule has 1 aromatic carbocycles. The Bertz CT molecular complexity index is 621. The lowest BCUT2D eigenvalue weighted by atomic mass is 10.1. The second kappa shape index (κ2) is 8.36. The van der Waals surface area contributed by atoms with Crippen LogP contribution in [-0.4, -0.2) is 44.6 Å². The number of hydrogen-bond donors (Lipinski definition) is 2. The quantitative estimate of drug-likeness (QED) is 0.724. The Morgan fingerprint density at radius 2 is 1.74 bits per heavy atom. The first kappa shape index (κ1) is 17.1. The molecule has 0 unspecified atom stereocenters. The number of pyridine rings is 1. The van der Waals surface area contributed by atoms with Crippen LogP contribution in [0.15, 0.2) is 30.5 Å². The normalized spacial score (nSPS) is 10.4. The molecule has 2 N–H and O–H groups in total. The van der Waals surface area contributed by atoms with Crippen LogP contribution in [0.1, 0.15) is 5.56 Å². The van der Waals surface area contributed by atoms with E-state index < -0.39 is 0 Å². The third kappa shape index (κ3) is 4.12. The van der Waals surface area contributed by atoms with Crippen molar-refractivity contribution >= 4 is 0 Å². The van der Waals surface area contributed by atoms with Gasteiger partial charge in [0.25, 0.3) is 0 Å². The van der Waals surface area contributed by atoms with Crippen LogP contribution < -0.4 is 19.5 Å². The molecule has 1 heterocycles. The molecule has 23 heavy (non-hydrogen) atoms. The summed E-state index contributed by atoms with van der Waals surface area (Å²) >= 11 is 0. The number of nitrogens with zero attached hydrogens (tertiary/aromatic N) is 1. The number of benzene rings is 1. The maximum atomic E-state index is 8.83. The van der Waals surface area contributed by atoms with E-state index in [9.17, 15) is 0 Å². The number of methoxy groups -OCH3 is 3. The average molecular weight is 318 g/mol. The summed E-state index contributed by atoms with van der Waals surface area (Å²) in [4.78, 5) is 4.42. The van der Waals surface area contributed by atoms with Gasteiger partial charge in [-0.3, -0.25) is 4.98 Å². The molecule has 124 valence electrons. The fourth-order valence-corrected chi connectivity index (χ4v) is 2.28. The Balaban J connectivity index is 2.36. The highest BCUT2D eigenvalue weighted by molar-refractivity contribution is 5.69. The molecule has 0 radical (unpaired) electrons. The average Bonchev–Trinajstić information content (AvgIpc) is 2.60. The Hall–Kier alpha value is -2.31. The van der Waals surface area contributed by atoms with E-state index in [1.807, 2.05) is 24.3 Å². The second-order valence-electron chi connectivity index (χ2n) is 4.86. The van der Waals surface area contributed by atoms with Gasteiger partial charge in [0.1, 0.15) is 0 Å². The third-order valence-electron chi connectivity index (χ3n) is 3.40. The maximum Gasteiger partial charge on any atom is 0.203 e. The predicted molar refractivity (Wildman–Crippen MR) is 88.1 cm³/mol. The first-order chi connectivity index (χ1) is 11.2. The number of nitrogens with one attached hydrogen (secondary N) is 1. The Morgan fingerprint density at radius 3 is 2.30 bits per heavy atom. The number of ether oxygens (including phenoxy) is 3. The molecule has 2 rings (SSSR count). The summed E-state index contributed by atoms with van der Waals surface area (Å²) in [5, 5.41) is 12.0. The van der Waals surface area contributed by atoms with Gasteiger partial charge in [0.15, 0.2) is 11.5 Å². The van der Waals surface area contributed by atoms with Gasteiger partial charge in [0.2, 0.25) is 5.75 Å². The molecule has 6 nitrogen and oxygen atoms in total. The van der Waals surface area contributed by atoms with E-state index in [0.717, 1.165) is 16.8 Å². The molecular weight excluding hydrogens is 296 g/mol. The molecule has 0 fully saturated rings. The van der Waals surface area contributed by atoms with Crippen molar-refractivity contribution in [1.29, 1.82) is 0 Å². The summed E-state index contributed by atoms with van der Waals surface area (Å²) in [6.45, 7) is 1.34. The lowest BCUT2D eigenvalue weighted by molar-refractivity contribution is 0.292. The summed E-state index contributed by atoms with van der Waals surface area (Å²) in [6.07, 6.45) is 1.76. The van der Waals surface area contributed by atoms with Crippen molar-refractivity contribution < 1.29 is 19.3 Å². The number of aliphatic hydroxyl groups excluding tert-OH is 1. The van der Waals surface area contributed by atoms with Gasteiger partial charge in [-0.1, -0.05) is 0 Å². The number of aliphatic hydroxyl groups is 1. The van der Waals surface area contributed by atoms with Crippen molar-refractivity contribution in [3.05, 3.63) is 36.0 Å². The third-order valence-corrected chi connectivity index (χ3v) is 3.40. The minimum absolute atomic E-state index is 0.116. The Morgan fingerprint density at radius 1 is 1.04 bits per heavy atom. The second-order valence-corrected chi connectivity index (χ2v) is 4.86. The van der Waals surface area contributed by atoms with Crippen molar-refractivity contribution in [2.45, 2.75) is 6.54 Å². The molecule has 0 saturated heterocycles. The smallest absolute Gasteiger partial charge is 0.203 e. The van der Waals surface area contributed by atoms with Crippen LogP contribution in [-0.2, 0) is 6.54 Å². The summed E-state index contributed by atoms with van der Waals surface area (Å²) in [7, 11) is 4.75. The van der Waals surface area contributed by atoms with E-state index in [4.69, 9.17) is 19.3 Å². The zero-order chi connectivity index (χ0) is 16.7. The van der Waals surface area contributed by atoms with E-state index in [2.05, 4.69) is 10.3 Å². The van der Waals surface area contributed by atoms with Crippen molar-refractivity contribution in [1.82, 2.24) is 10.3 Å². The van der Waals surface area contributed by atoms with Crippen molar-refractivity contribution in [2.24, 2.45) is 0 Å². The fraction of sp³-hybridized carbons (Fsp3) is 0.353. The molecular formula is C17H22N2O4. The minimum atomic E-state index is 0.116. The Kier molecular flexibility index (Phi) is 6.19. The van der Waals surface area contributed by atoms with Crippen LogP contribution in [0.2, 0.25) is 0 Å². The molecule has 1 aromatic heterocycles. The van der Waals surface area contributed by atoms with Gasteiger partial charge in [-0.15, -0.1) is 0 Å². The minimum Gasteiger partial charge on any atom is -0.493 e. The number of rotatable bonds is 8. The van der Waals surface area contributed by atoms with Gasteiger partial charge >= 0.3 is 0 Å². The van der Waals surface area contributed by atoms with E-state index >= 15 is 0 Å². The highest BCUT2D eigenvalue weighted by Gasteiger charge is 2.14. The molecule has 0 saturated carbocycles. The summed E-state index contributed by atoms with van der Waals surface area (Å²) in [6, 6.07) is 7.67. The van der Waals surface area contributed by atoms with Crippen molar-refractivity contribution in [3.8, 4) is 28.5 Å². The zero-order valence-corrected chi connectivity index (χ0v) is 13.6. The standard InChI is InChI=1S/C17H22N2O4/c1-21-15-9-13(10-16(22-2)17(15)23-3)14-8-12(4-5-19-14)11-18-6-7-20/h4-5,8-10,18,20H,6-7,11H2,1-3H3. The molecule has 0 atom stereocenters. The lowest BCUT2D eigenvalue weighted by Crippen LogP contribution is -2.17. The molecule has 0 aliphatic heterocycles. The van der Waals surface area contributed by atoms with Crippen LogP contribution in [0.4, 0.5) is 0 Å². The van der Waals surface area contributed by atoms with Crippen LogP contribution in [0.5, 0.6) is 17.2 Å². The van der Waals surface area contributed by atoms with E-state index in [0.29, 0.717) is 30.3 Å². The number of hydrogen-bond acceptors (Lipinski definition) is 6. The largest absolute Gasteiger partial charge is 0.493 e. The van der Waals surface area contributed by atoms with Crippen LogP contribution >= 0.6 is 0 Å². The fourth-order valence-electron chi connectivity index (χ4n) is 2.28. The van der Waals surface area contributed by atoms with Gasteiger partial charge in [-0.25, -0.2) is 0 Å². The summed E-state index contributed by atoms with van der Waals surface area (Å²) in [5.74, 6) is 1.74. The van der Waals surface area contributed by atoms with E-state index in [1.165, 1.54) is 0 Å². The van der Waals surface area contributed by atoms with Gasteiger partial charge in [-0.05, 0) is 29.8 Å². The SMILES string of the molecule is COc1cc(-c2cc(CNCCO)ccn2)cc(OC)c1OC. The summed E-state index contributed by atoms with van der Waals surface area (Å²) in [5.41, 5.74) is 2.77. The monoisotopic (exact) mass is 318 g/mol. The molecule has 0 spiro atoms.